The Hall–Kier alpha value is -1.73. The highest BCUT2D eigenvalue weighted by molar-refractivity contribution is 5.45. The third-order valence-electron chi connectivity index (χ3n) is 3.04. The lowest BCUT2D eigenvalue weighted by atomic mass is 9.86. The first kappa shape index (κ1) is 11.7. The molecule has 1 heterocycles. The summed E-state index contributed by atoms with van der Waals surface area (Å²) < 4.78 is 10.5. The quantitative estimate of drug-likeness (QED) is 0.867. The van der Waals surface area contributed by atoms with Crippen LogP contribution in [-0.4, -0.2) is 6.79 Å². The number of hydrogen-bond acceptors (Lipinski definition) is 4. The van der Waals surface area contributed by atoms with Gasteiger partial charge in [-0.25, -0.2) is 0 Å². The average Bonchev–Trinajstić information content (AvgIpc) is 2.75. The van der Waals surface area contributed by atoms with E-state index in [1.165, 1.54) is 0 Å². The van der Waals surface area contributed by atoms with E-state index >= 15 is 0 Å². The molecule has 90 valence electrons. The van der Waals surface area contributed by atoms with E-state index in [4.69, 9.17) is 20.5 Å². The fraction of sp³-hybridized carbons (Fsp3) is 0.462. The van der Waals surface area contributed by atoms with Crippen molar-refractivity contribution in [3.05, 3.63) is 23.8 Å². The van der Waals surface area contributed by atoms with Crippen molar-refractivity contribution in [2.45, 2.75) is 19.9 Å². The highest BCUT2D eigenvalue weighted by Crippen LogP contribution is 2.36. The van der Waals surface area contributed by atoms with Crippen molar-refractivity contribution in [3.8, 4) is 17.6 Å². The van der Waals surface area contributed by atoms with E-state index in [9.17, 15) is 0 Å². The minimum Gasteiger partial charge on any atom is -0.454 e. The monoisotopic (exact) mass is 232 g/mol. The van der Waals surface area contributed by atoms with E-state index in [1.54, 1.807) is 0 Å². The maximum atomic E-state index is 9.14. The van der Waals surface area contributed by atoms with Crippen LogP contribution in [0.15, 0.2) is 18.2 Å². The van der Waals surface area contributed by atoms with E-state index in [2.05, 4.69) is 6.07 Å². The van der Waals surface area contributed by atoms with Gasteiger partial charge < -0.3 is 15.2 Å². The highest BCUT2D eigenvalue weighted by Gasteiger charge is 2.24. The van der Waals surface area contributed by atoms with Gasteiger partial charge in [-0.05, 0) is 23.6 Å². The summed E-state index contributed by atoms with van der Waals surface area (Å²) in [4.78, 5) is 0. The lowest BCUT2D eigenvalue weighted by Gasteiger charge is -2.21. The van der Waals surface area contributed by atoms with Gasteiger partial charge in [-0.3, -0.25) is 0 Å². The van der Waals surface area contributed by atoms with Crippen LogP contribution in [-0.2, 0) is 0 Å². The second-order valence-corrected chi connectivity index (χ2v) is 4.54. The van der Waals surface area contributed by atoms with E-state index in [1.807, 2.05) is 32.0 Å². The van der Waals surface area contributed by atoms with E-state index in [0.717, 1.165) is 11.3 Å². The largest absolute Gasteiger partial charge is 0.454 e. The molecule has 0 fully saturated rings. The predicted octanol–water partition coefficient (Wildman–Crippen LogP) is 2.21. The third-order valence-corrected chi connectivity index (χ3v) is 3.04. The van der Waals surface area contributed by atoms with Crippen molar-refractivity contribution in [2.24, 2.45) is 17.6 Å². The number of nitriles is 1. The van der Waals surface area contributed by atoms with Crippen molar-refractivity contribution in [1.82, 2.24) is 0 Å². The van der Waals surface area contributed by atoms with E-state index in [0.29, 0.717) is 5.75 Å². The molecule has 0 aromatic heterocycles. The molecule has 1 aliphatic rings. The highest BCUT2D eigenvalue weighted by atomic mass is 16.7. The zero-order valence-electron chi connectivity index (χ0n) is 10.0. The van der Waals surface area contributed by atoms with Gasteiger partial charge >= 0.3 is 0 Å². The van der Waals surface area contributed by atoms with Crippen LogP contribution in [0.3, 0.4) is 0 Å². The van der Waals surface area contributed by atoms with Gasteiger partial charge in [0.1, 0.15) is 0 Å². The summed E-state index contributed by atoms with van der Waals surface area (Å²) in [6.07, 6.45) is 0. The summed E-state index contributed by atoms with van der Waals surface area (Å²) in [6.45, 7) is 4.25. The molecule has 0 saturated carbocycles. The molecule has 4 nitrogen and oxygen atoms in total. The van der Waals surface area contributed by atoms with Gasteiger partial charge in [0.25, 0.3) is 0 Å². The van der Waals surface area contributed by atoms with Crippen molar-refractivity contribution in [1.29, 1.82) is 5.26 Å². The second-order valence-electron chi connectivity index (χ2n) is 4.54. The fourth-order valence-corrected chi connectivity index (χ4v) is 1.97. The molecule has 0 saturated heterocycles. The van der Waals surface area contributed by atoms with Gasteiger partial charge in [0.2, 0.25) is 6.79 Å². The molecular weight excluding hydrogens is 216 g/mol. The molecule has 2 unspecified atom stereocenters. The molecule has 0 bridgehead atoms. The molecule has 4 heteroatoms. The van der Waals surface area contributed by atoms with Crippen LogP contribution < -0.4 is 15.2 Å². The molecule has 2 atom stereocenters. The summed E-state index contributed by atoms with van der Waals surface area (Å²) in [7, 11) is 0. The number of nitrogens with zero attached hydrogens (tertiary/aromatic N) is 1. The first-order chi connectivity index (χ1) is 8.13. The minimum absolute atomic E-state index is 0.199. The molecule has 0 radical (unpaired) electrons. The van der Waals surface area contributed by atoms with Crippen molar-refractivity contribution < 1.29 is 9.47 Å². The lowest BCUT2D eigenvalue weighted by molar-refractivity contribution is 0.174. The first-order valence-electron chi connectivity index (χ1n) is 5.68. The van der Waals surface area contributed by atoms with Gasteiger partial charge in [0.15, 0.2) is 11.5 Å². The summed E-state index contributed by atoms with van der Waals surface area (Å²) in [5.41, 5.74) is 7.04. The van der Waals surface area contributed by atoms with Crippen molar-refractivity contribution in [3.63, 3.8) is 0 Å². The van der Waals surface area contributed by atoms with Crippen LogP contribution in [0.5, 0.6) is 11.5 Å². The number of benzene rings is 1. The maximum absolute atomic E-state index is 9.14. The maximum Gasteiger partial charge on any atom is 0.231 e. The normalized spacial score (nSPS) is 16.6. The van der Waals surface area contributed by atoms with Gasteiger partial charge in [0, 0.05) is 6.04 Å². The number of nitrogens with two attached hydrogens (primary N) is 1. The molecule has 2 N–H and O–H groups in total. The number of hydrogen-bond donors (Lipinski definition) is 1. The molecule has 0 amide bonds. The summed E-state index contributed by atoms with van der Waals surface area (Å²) >= 11 is 0. The van der Waals surface area contributed by atoms with Crippen LogP contribution in [0.1, 0.15) is 25.5 Å². The lowest BCUT2D eigenvalue weighted by Crippen LogP contribution is -2.24. The zero-order chi connectivity index (χ0) is 12.4. The Morgan fingerprint density at radius 1 is 1.29 bits per heavy atom. The second kappa shape index (κ2) is 4.64. The van der Waals surface area contributed by atoms with E-state index < -0.39 is 0 Å². The summed E-state index contributed by atoms with van der Waals surface area (Å²) in [5.74, 6) is 1.47. The Morgan fingerprint density at radius 2 is 2.00 bits per heavy atom. The van der Waals surface area contributed by atoms with Gasteiger partial charge in [-0.15, -0.1) is 0 Å². The van der Waals surface area contributed by atoms with Crippen LogP contribution in [0.4, 0.5) is 0 Å². The minimum atomic E-state index is -0.297. The first-order valence-corrected chi connectivity index (χ1v) is 5.68. The van der Waals surface area contributed by atoms with Crippen LogP contribution in [0.2, 0.25) is 0 Å². The standard InChI is InChI=1S/C13H16N2O2/c1-8(2)10(6-14)13(15)9-3-4-11-12(5-9)17-7-16-11/h3-5,8,10,13H,7,15H2,1-2H3. The van der Waals surface area contributed by atoms with Crippen molar-refractivity contribution in [2.75, 3.05) is 6.79 Å². The molecule has 0 aliphatic carbocycles. The molecule has 1 aromatic rings. The SMILES string of the molecule is CC(C)C(C#N)C(N)c1ccc2c(c1)OCO2. The number of rotatable bonds is 3. The summed E-state index contributed by atoms with van der Waals surface area (Å²) in [6, 6.07) is 7.57. The third kappa shape index (κ3) is 2.20. The smallest absolute Gasteiger partial charge is 0.231 e. The topological polar surface area (TPSA) is 68.3 Å². The Labute approximate surface area is 101 Å². The number of ether oxygens (including phenoxy) is 2. The number of fused-ring (bicyclic) bond motifs is 1. The zero-order valence-corrected chi connectivity index (χ0v) is 10.0. The Kier molecular flexibility index (Phi) is 3.21. The molecular formula is C13H16N2O2. The molecule has 1 aliphatic heterocycles. The van der Waals surface area contributed by atoms with Gasteiger partial charge in [0.05, 0.1) is 12.0 Å². The van der Waals surface area contributed by atoms with Crippen LogP contribution in [0, 0.1) is 23.2 Å². The Bertz CT molecular complexity index is 451. The molecule has 1 aromatic carbocycles. The molecule has 0 spiro atoms. The van der Waals surface area contributed by atoms with Crippen LogP contribution >= 0.6 is 0 Å². The van der Waals surface area contributed by atoms with E-state index in [-0.39, 0.29) is 24.7 Å². The fourth-order valence-electron chi connectivity index (χ4n) is 1.97. The average molecular weight is 232 g/mol. The predicted molar refractivity (Wildman–Crippen MR) is 63.4 cm³/mol. The van der Waals surface area contributed by atoms with Crippen LogP contribution in [0.25, 0.3) is 0 Å². The molecule has 2 rings (SSSR count). The molecule has 17 heavy (non-hydrogen) atoms. The van der Waals surface area contributed by atoms with Crippen molar-refractivity contribution >= 4 is 0 Å². The summed E-state index contributed by atoms with van der Waals surface area (Å²) in [5, 5.41) is 9.14. The van der Waals surface area contributed by atoms with Gasteiger partial charge in [-0.2, -0.15) is 5.26 Å². The Morgan fingerprint density at radius 3 is 2.65 bits per heavy atom. The van der Waals surface area contributed by atoms with Gasteiger partial charge in [-0.1, -0.05) is 19.9 Å². The Balaban J connectivity index is 2.25.